The molecule has 0 heterocycles. The number of Topliss-reactive ketones (excluding diaryl/α,β-unsaturated/α-hetero) is 1. The Labute approximate surface area is 133 Å². The molecule has 0 radical (unpaired) electrons. The SMILES string of the molecule is CC[C@H]1C[C@]2(C)C(=O)CC[C@H]2[C@@H]2CCC3=CC(=O)CC[C@@H]3[C@@H]12. The first kappa shape index (κ1) is 14.7. The first-order valence-corrected chi connectivity index (χ1v) is 9.31. The molecule has 3 saturated carbocycles. The second-order valence-corrected chi connectivity index (χ2v) is 8.47. The highest BCUT2D eigenvalue weighted by Crippen LogP contribution is 2.62. The Hall–Kier alpha value is -0.920. The molecule has 4 aliphatic carbocycles. The van der Waals surface area contributed by atoms with Gasteiger partial charge in [-0.1, -0.05) is 25.8 Å². The van der Waals surface area contributed by atoms with Gasteiger partial charge in [0.05, 0.1) is 0 Å². The van der Waals surface area contributed by atoms with Crippen LogP contribution in [0.1, 0.15) is 65.2 Å². The molecule has 0 spiro atoms. The number of carbonyl (C=O) groups is 2. The molecule has 0 aromatic rings. The van der Waals surface area contributed by atoms with E-state index in [4.69, 9.17) is 0 Å². The van der Waals surface area contributed by atoms with Crippen molar-refractivity contribution in [1.29, 1.82) is 0 Å². The molecule has 0 N–H and O–H groups in total. The first-order valence-electron chi connectivity index (χ1n) is 9.31. The number of fused-ring (bicyclic) bond motifs is 5. The minimum absolute atomic E-state index is 0.0342. The van der Waals surface area contributed by atoms with Crippen molar-refractivity contribution in [3.63, 3.8) is 0 Å². The van der Waals surface area contributed by atoms with E-state index in [9.17, 15) is 9.59 Å². The van der Waals surface area contributed by atoms with Gasteiger partial charge in [0.2, 0.25) is 0 Å². The summed E-state index contributed by atoms with van der Waals surface area (Å²) in [6.45, 7) is 4.57. The third kappa shape index (κ3) is 1.91. The number of ketones is 2. The van der Waals surface area contributed by atoms with Crippen molar-refractivity contribution in [3.05, 3.63) is 11.6 Å². The predicted molar refractivity (Wildman–Crippen MR) is 86.3 cm³/mol. The number of rotatable bonds is 1. The first-order chi connectivity index (χ1) is 10.5. The maximum atomic E-state index is 12.5. The molecule has 22 heavy (non-hydrogen) atoms. The van der Waals surface area contributed by atoms with E-state index in [1.165, 1.54) is 18.4 Å². The van der Waals surface area contributed by atoms with Gasteiger partial charge in [-0.05, 0) is 67.8 Å². The van der Waals surface area contributed by atoms with E-state index in [0.717, 1.165) is 50.4 Å². The van der Waals surface area contributed by atoms with Crippen LogP contribution < -0.4 is 0 Å². The summed E-state index contributed by atoms with van der Waals surface area (Å²) in [7, 11) is 0. The molecule has 4 aliphatic rings. The van der Waals surface area contributed by atoms with Crippen molar-refractivity contribution in [2.24, 2.45) is 35.0 Å². The van der Waals surface area contributed by atoms with Crippen LogP contribution in [0, 0.1) is 35.0 Å². The zero-order valence-electron chi connectivity index (χ0n) is 13.9. The molecule has 120 valence electrons. The highest BCUT2D eigenvalue weighted by atomic mass is 16.1. The normalized spacial score (nSPS) is 47.5. The molecule has 0 bridgehead atoms. The summed E-state index contributed by atoms with van der Waals surface area (Å²) in [4.78, 5) is 24.3. The Balaban J connectivity index is 1.71. The van der Waals surface area contributed by atoms with Crippen LogP contribution in [-0.2, 0) is 9.59 Å². The van der Waals surface area contributed by atoms with E-state index in [2.05, 4.69) is 13.8 Å². The van der Waals surface area contributed by atoms with Crippen molar-refractivity contribution in [2.75, 3.05) is 0 Å². The van der Waals surface area contributed by atoms with Crippen LogP contribution in [0.5, 0.6) is 0 Å². The minimum atomic E-state index is -0.0342. The van der Waals surface area contributed by atoms with Gasteiger partial charge < -0.3 is 0 Å². The lowest BCUT2D eigenvalue weighted by Crippen LogP contribution is -2.50. The maximum absolute atomic E-state index is 12.5. The van der Waals surface area contributed by atoms with Crippen LogP contribution in [0.15, 0.2) is 11.6 Å². The second-order valence-electron chi connectivity index (χ2n) is 8.47. The van der Waals surface area contributed by atoms with Crippen molar-refractivity contribution < 1.29 is 9.59 Å². The summed E-state index contributed by atoms with van der Waals surface area (Å²) in [5, 5.41) is 0. The Morgan fingerprint density at radius 2 is 1.95 bits per heavy atom. The van der Waals surface area contributed by atoms with E-state index < -0.39 is 0 Å². The molecule has 2 nitrogen and oxygen atoms in total. The van der Waals surface area contributed by atoms with Crippen LogP contribution in [0.25, 0.3) is 0 Å². The molecule has 0 saturated heterocycles. The summed E-state index contributed by atoms with van der Waals surface area (Å²) < 4.78 is 0. The fourth-order valence-electron chi connectivity index (χ4n) is 6.68. The lowest BCUT2D eigenvalue weighted by molar-refractivity contribution is -0.134. The average Bonchev–Trinajstić information content (AvgIpc) is 2.81. The zero-order valence-corrected chi connectivity index (χ0v) is 13.9. The molecule has 4 rings (SSSR count). The van der Waals surface area contributed by atoms with Gasteiger partial charge in [-0.3, -0.25) is 9.59 Å². The van der Waals surface area contributed by atoms with Gasteiger partial charge in [-0.25, -0.2) is 0 Å². The topological polar surface area (TPSA) is 34.1 Å². The number of hydrogen-bond acceptors (Lipinski definition) is 2. The fourth-order valence-corrected chi connectivity index (χ4v) is 6.68. The van der Waals surface area contributed by atoms with Crippen LogP contribution in [0.3, 0.4) is 0 Å². The number of hydrogen-bond donors (Lipinski definition) is 0. The lowest BCUT2D eigenvalue weighted by Gasteiger charge is -2.55. The van der Waals surface area contributed by atoms with Gasteiger partial charge in [0.15, 0.2) is 5.78 Å². The van der Waals surface area contributed by atoms with Crippen molar-refractivity contribution >= 4 is 11.6 Å². The molecular formula is C20H28O2. The molecule has 3 fully saturated rings. The van der Waals surface area contributed by atoms with Gasteiger partial charge in [0, 0.05) is 18.3 Å². The Morgan fingerprint density at radius 3 is 2.73 bits per heavy atom. The number of allylic oxidation sites excluding steroid dienone is 1. The molecular weight excluding hydrogens is 272 g/mol. The number of carbonyl (C=O) groups excluding carboxylic acids is 2. The van der Waals surface area contributed by atoms with Crippen molar-refractivity contribution in [2.45, 2.75) is 65.2 Å². The maximum Gasteiger partial charge on any atom is 0.155 e. The molecule has 0 amide bonds. The summed E-state index contributed by atoms with van der Waals surface area (Å²) >= 11 is 0. The Kier molecular flexibility index (Phi) is 3.36. The molecule has 0 aliphatic heterocycles. The van der Waals surface area contributed by atoms with E-state index in [1.807, 2.05) is 6.08 Å². The van der Waals surface area contributed by atoms with Gasteiger partial charge >= 0.3 is 0 Å². The van der Waals surface area contributed by atoms with E-state index in [-0.39, 0.29) is 5.41 Å². The van der Waals surface area contributed by atoms with Gasteiger partial charge in [-0.15, -0.1) is 0 Å². The quantitative estimate of drug-likeness (QED) is 0.722. The Bertz CT molecular complexity index is 546. The lowest BCUT2D eigenvalue weighted by atomic mass is 9.48. The predicted octanol–water partition coefficient (Wildman–Crippen LogP) is 4.33. The standard InChI is InChI=1S/C20H28O2/c1-3-12-11-20(2)17(8-9-18(20)22)16-6-4-13-10-14(21)5-7-15(13)19(12)16/h10,12,15-17,19H,3-9,11H2,1-2H3/t12-,15-,16-,17-,19+,20-/m0/s1. The van der Waals surface area contributed by atoms with Crippen LogP contribution >= 0.6 is 0 Å². The average molecular weight is 300 g/mol. The van der Waals surface area contributed by atoms with E-state index >= 15 is 0 Å². The third-order valence-electron chi connectivity index (χ3n) is 7.66. The summed E-state index contributed by atoms with van der Waals surface area (Å²) in [6.07, 6.45) is 10.3. The highest BCUT2D eigenvalue weighted by Gasteiger charge is 2.58. The van der Waals surface area contributed by atoms with Crippen LogP contribution in [0.2, 0.25) is 0 Å². The molecule has 0 unspecified atom stereocenters. The van der Waals surface area contributed by atoms with Crippen LogP contribution in [-0.4, -0.2) is 11.6 Å². The molecule has 2 heteroatoms. The summed E-state index contributed by atoms with van der Waals surface area (Å²) in [5.74, 6) is 4.28. The fraction of sp³-hybridized carbons (Fsp3) is 0.800. The van der Waals surface area contributed by atoms with E-state index in [0.29, 0.717) is 29.3 Å². The Morgan fingerprint density at radius 1 is 1.14 bits per heavy atom. The second kappa shape index (κ2) is 5.04. The van der Waals surface area contributed by atoms with E-state index in [1.54, 1.807) is 0 Å². The monoisotopic (exact) mass is 300 g/mol. The smallest absolute Gasteiger partial charge is 0.155 e. The molecule has 6 atom stereocenters. The van der Waals surface area contributed by atoms with Gasteiger partial charge in [0.25, 0.3) is 0 Å². The molecule has 0 aromatic carbocycles. The highest BCUT2D eigenvalue weighted by molar-refractivity contribution is 5.91. The summed E-state index contributed by atoms with van der Waals surface area (Å²) in [6, 6.07) is 0. The van der Waals surface area contributed by atoms with Crippen molar-refractivity contribution in [3.8, 4) is 0 Å². The minimum Gasteiger partial charge on any atom is -0.299 e. The van der Waals surface area contributed by atoms with Gasteiger partial charge in [-0.2, -0.15) is 0 Å². The largest absolute Gasteiger partial charge is 0.299 e. The van der Waals surface area contributed by atoms with Gasteiger partial charge in [0.1, 0.15) is 5.78 Å². The van der Waals surface area contributed by atoms with Crippen molar-refractivity contribution in [1.82, 2.24) is 0 Å². The zero-order chi connectivity index (χ0) is 15.5. The van der Waals surface area contributed by atoms with Crippen LogP contribution in [0.4, 0.5) is 0 Å². The summed E-state index contributed by atoms with van der Waals surface area (Å²) in [5.41, 5.74) is 1.41. The third-order valence-corrected chi connectivity index (χ3v) is 7.66. The molecule has 0 aromatic heterocycles.